The molecule has 0 fully saturated rings. The lowest BCUT2D eigenvalue weighted by Gasteiger charge is -2.05. The molecule has 0 aliphatic rings. The quantitative estimate of drug-likeness (QED) is 0.619. The Morgan fingerprint density at radius 2 is 2.06 bits per heavy atom. The third-order valence-electron chi connectivity index (χ3n) is 2.74. The van der Waals surface area contributed by atoms with E-state index in [1.165, 1.54) is 18.5 Å². The molecule has 0 saturated carbocycles. The monoisotopic (exact) mass is 225 g/mol. The van der Waals surface area contributed by atoms with Crippen LogP contribution in [0, 0.1) is 0 Å². The van der Waals surface area contributed by atoms with Gasteiger partial charge in [0.2, 0.25) is 0 Å². The molecule has 1 heterocycles. The fourth-order valence-corrected chi connectivity index (χ4v) is 1.70. The van der Waals surface area contributed by atoms with Gasteiger partial charge in [-0.15, -0.1) is 0 Å². The molecular weight excluding hydrogens is 202 g/mol. The number of rotatable bonds is 9. The van der Waals surface area contributed by atoms with Crippen LogP contribution in [0.5, 0.6) is 0 Å². The maximum atomic E-state index is 8.61. The van der Waals surface area contributed by atoms with Crippen molar-refractivity contribution in [3.8, 4) is 0 Å². The van der Waals surface area contributed by atoms with Crippen molar-refractivity contribution in [1.82, 2.24) is 15.1 Å². The van der Waals surface area contributed by atoms with Crippen LogP contribution in [-0.2, 0) is 13.5 Å². The van der Waals surface area contributed by atoms with Crippen molar-refractivity contribution in [3.63, 3.8) is 0 Å². The highest BCUT2D eigenvalue weighted by Gasteiger charge is 1.97. The summed E-state index contributed by atoms with van der Waals surface area (Å²) in [5.74, 6) is 0. The van der Waals surface area contributed by atoms with Crippen LogP contribution in [-0.4, -0.2) is 34.6 Å². The molecule has 1 rings (SSSR count). The lowest BCUT2D eigenvalue weighted by atomic mass is 10.2. The first-order valence-electron chi connectivity index (χ1n) is 6.13. The summed E-state index contributed by atoms with van der Waals surface area (Å²) in [5, 5.41) is 16.2. The van der Waals surface area contributed by atoms with Crippen LogP contribution >= 0.6 is 0 Å². The Balaban J connectivity index is 1.91. The molecule has 0 saturated heterocycles. The van der Waals surface area contributed by atoms with Gasteiger partial charge in [-0.3, -0.25) is 4.68 Å². The van der Waals surface area contributed by atoms with Gasteiger partial charge in [0.05, 0.1) is 0 Å². The van der Waals surface area contributed by atoms with E-state index in [0.717, 1.165) is 32.4 Å². The summed E-state index contributed by atoms with van der Waals surface area (Å²) < 4.78 is 1.92. The summed E-state index contributed by atoms with van der Waals surface area (Å²) in [6.45, 7) is 2.41. The van der Waals surface area contributed by atoms with E-state index in [-0.39, 0.29) is 0 Å². The molecule has 1 aromatic rings. The van der Waals surface area contributed by atoms with Gasteiger partial charge >= 0.3 is 0 Å². The molecule has 0 bridgehead atoms. The zero-order chi connectivity index (χ0) is 11.6. The van der Waals surface area contributed by atoms with Crippen molar-refractivity contribution in [2.24, 2.45) is 7.05 Å². The highest BCUT2D eigenvalue weighted by molar-refractivity contribution is 5.00. The van der Waals surface area contributed by atoms with E-state index in [9.17, 15) is 0 Å². The Bertz CT molecular complexity index is 273. The highest BCUT2D eigenvalue weighted by atomic mass is 16.2. The van der Waals surface area contributed by atoms with Gasteiger partial charge < -0.3 is 10.4 Å². The molecule has 0 radical (unpaired) electrons. The molecular formula is C12H23N3O. The molecule has 4 heteroatoms. The largest absolute Gasteiger partial charge is 0.396 e. The van der Waals surface area contributed by atoms with Gasteiger partial charge in [0, 0.05) is 38.5 Å². The Morgan fingerprint density at radius 3 is 2.75 bits per heavy atom. The third-order valence-corrected chi connectivity index (χ3v) is 2.74. The average Bonchev–Trinajstić information content (AvgIpc) is 2.68. The number of aliphatic hydroxyl groups excluding tert-OH is 1. The summed E-state index contributed by atoms with van der Waals surface area (Å²) in [6.07, 6.45) is 7.36. The van der Waals surface area contributed by atoms with E-state index in [4.69, 9.17) is 5.11 Å². The minimum absolute atomic E-state index is 0.327. The Labute approximate surface area is 97.7 Å². The van der Waals surface area contributed by atoms with Gasteiger partial charge in [-0.2, -0.15) is 5.10 Å². The molecule has 0 aliphatic carbocycles. The molecule has 4 nitrogen and oxygen atoms in total. The lowest BCUT2D eigenvalue weighted by Crippen LogP contribution is -2.19. The maximum Gasteiger partial charge on any atom is 0.0492 e. The predicted octanol–water partition coefficient (Wildman–Crippen LogP) is 1.10. The van der Waals surface area contributed by atoms with Crippen molar-refractivity contribution in [3.05, 3.63) is 18.0 Å². The van der Waals surface area contributed by atoms with Crippen molar-refractivity contribution in [2.45, 2.75) is 32.1 Å². The van der Waals surface area contributed by atoms with Gasteiger partial charge in [0.15, 0.2) is 0 Å². The number of nitrogens with zero attached hydrogens (tertiary/aromatic N) is 2. The van der Waals surface area contributed by atoms with E-state index in [1.54, 1.807) is 0 Å². The fourth-order valence-electron chi connectivity index (χ4n) is 1.70. The zero-order valence-electron chi connectivity index (χ0n) is 10.2. The van der Waals surface area contributed by atoms with Gasteiger partial charge in [-0.05, 0) is 25.5 Å². The van der Waals surface area contributed by atoms with Crippen LogP contribution in [0.25, 0.3) is 0 Å². The van der Waals surface area contributed by atoms with Crippen molar-refractivity contribution < 1.29 is 5.11 Å². The SMILES string of the molecule is Cn1nccc1CCNCCCCCCO. The summed E-state index contributed by atoms with van der Waals surface area (Å²) in [7, 11) is 1.98. The number of hydrogen-bond donors (Lipinski definition) is 2. The topological polar surface area (TPSA) is 50.1 Å². The molecule has 0 spiro atoms. The molecule has 16 heavy (non-hydrogen) atoms. The minimum atomic E-state index is 0.327. The van der Waals surface area contributed by atoms with Crippen LogP contribution in [0.15, 0.2) is 12.3 Å². The van der Waals surface area contributed by atoms with Crippen LogP contribution in [0.3, 0.4) is 0 Å². The first-order chi connectivity index (χ1) is 7.84. The van der Waals surface area contributed by atoms with E-state index < -0.39 is 0 Å². The average molecular weight is 225 g/mol. The molecule has 2 N–H and O–H groups in total. The normalized spacial score (nSPS) is 10.9. The number of unbranched alkanes of at least 4 members (excludes halogenated alkanes) is 3. The summed E-state index contributed by atoms with van der Waals surface area (Å²) in [5.41, 5.74) is 1.27. The Kier molecular flexibility index (Phi) is 6.85. The summed E-state index contributed by atoms with van der Waals surface area (Å²) in [6, 6.07) is 2.06. The maximum absolute atomic E-state index is 8.61. The number of aliphatic hydroxyl groups is 1. The molecule has 0 amide bonds. The Hall–Kier alpha value is -0.870. The molecule has 0 unspecified atom stereocenters. The predicted molar refractivity (Wildman–Crippen MR) is 65.3 cm³/mol. The van der Waals surface area contributed by atoms with E-state index in [1.807, 2.05) is 17.9 Å². The lowest BCUT2D eigenvalue weighted by molar-refractivity contribution is 0.282. The number of nitrogens with one attached hydrogen (secondary N) is 1. The number of aryl methyl sites for hydroxylation is 1. The molecule has 92 valence electrons. The van der Waals surface area contributed by atoms with Crippen LogP contribution in [0.4, 0.5) is 0 Å². The van der Waals surface area contributed by atoms with E-state index in [2.05, 4.69) is 16.5 Å². The van der Waals surface area contributed by atoms with Gasteiger partial charge in [-0.1, -0.05) is 12.8 Å². The fraction of sp³-hybridized carbons (Fsp3) is 0.750. The second-order valence-corrected chi connectivity index (χ2v) is 4.08. The first kappa shape index (κ1) is 13.2. The summed E-state index contributed by atoms with van der Waals surface area (Å²) in [4.78, 5) is 0. The van der Waals surface area contributed by atoms with Gasteiger partial charge in [0.25, 0.3) is 0 Å². The third kappa shape index (κ3) is 5.28. The molecule has 1 aromatic heterocycles. The van der Waals surface area contributed by atoms with Crippen LogP contribution in [0.1, 0.15) is 31.4 Å². The van der Waals surface area contributed by atoms with Crippen molar-refractivity contribution in [1.29, 1.82) is 0 Å². The molecule has 0 atom stereocenters. The molecule has 0 aliphatic heterocycles. The van der Waals surface area contributed by atoms with Gasteiger partial charge in [0.1, 0.15) is 0 Å². The van der Waals surface area contributed by atoms with Crippen LogP contribution in [0.2, 0.25) is 0 Å². The summed E-state index contributed by atoms with van der Waals surface area (Å²) >= 11 is 0. The van der Waals surface area contributed by atoms with Crippen molar-refractivity contribution >= 4 is 0 Å². The second-order valence-electron chi connectivity index (χ2n) is 4.08. The van der Waals surface area contributed by atoms with Crippen LogP contribution < -0.4 is 5.32 Å². The van der Waals surface area contributed by atoms with Gasteiger partial charge in [-0.25, -0.2) is 0 Å². The second kappa shape index (κ2) is 8.30. The number of hydrogen-bond acceptors (Lipinski definition) is 3. The van der Waals surface area contributed by atoms with E-state index >= 15 is 0 Å². The Morgan fingerprint density at radius 1 is 1.25 bits per heavy atom. The van der Waals surface area contributed by atoms with Crippen molar-refractivity contribution in [2.75, 3.05) is 19.7 Å². The molecule has 0 aromatic carbocycles. The zero-order valence-corrected chi connectivity index (χ0v) is 10.2. The van der Waals surface area contributed by atoms with E-state index in [0.29, 0.717) is 6.61 Å². The highest BCUT2D eigenvalue weighted by Crippen LogP contribution is 1.98. The minimum Gasteiger partial charge on any atom is -0.396 e. The first-order valence-corrected chi connectivity index (χ1v) is 6.13. The standard InChI is InChI=1S/C12H23N3O/c1-15-12(7-10-14-15)6-9-13-8-4-2-3-5-11-16/h7,10,13,16H,2-6,8-9,11H2,1H3. The number of aromatic nitrogens is 2. The smallest absolute Gasteiger partial charge is 0.0492 e.